The fourth-order valence-corrected chi connectivity index (χ4v) is 7.45. The van der Waals surface area contributed by atoms with E-state index in [0.29, 0.717) is 11.1 Å². The van der Waals surface area contributed by atoms with Gasteiger partial charge in [-0.2, -0.15) is 0 Å². The van der Waals surface area contributed by atoms with Gasteiger partial charge in [0.1, 0.15) is 54.1 Å². The Labute approximate surface area is 448 Å². The van der Waals surface area contributed by atoms with E-state index in [1.54, 1.807) is 58.0 Å². The average molecular weight is 1100 g/mol. The molecule has 0 heterocycles. The molecule has 18 N–H and O–H groups in total. The third-order valence-corrected chi connectivity index (χ3v) is 12.4. The van der Waals surface area contributed by atoms with Crippen molar-refractivity contribution in [1.29, 1.82) is 0 Å². The van der Waals surface area contributed by atoms with Crippen LogP contribution in [-0.2, 0) is 70.4 Å². The van der Waals surface area contributed by atoms with Crippen molar-refractivity contribution in [1.82, 2.24) is 42.5 Å². The largest absolute Gasteiger partial charge is 0.508 e. The van der Waals surface area contributed by atoms with Crippen LogP contribution in [0.1, 0.15) is 84.3 Å². The molecule has 28 nitrogen and oxygen atoms in total. The maximum Gasteiger partial charge on any atom is 0.326 e. The zero-order valence-corrected chi connectivity index (χ0v) is 43.7. The molecule has 0 aliphatic rings. The number of aliphatic carboxylic acids is 3. The van der Waals surface area contributed by atoms with E-state index in [9.17, 15) is 83.1 Å². The van der Waals surface area contributed by atoms with Crippen LogP contribution >= 0.6 is 0 Å². The molecule has 0 unspecified atom stereocenters. The number of carboxylic acid groups (broad SMARTS) is 3. The molecule has 2 rings (SSSR count). The summed E-state index contributed by atoms with van der Waals surface area (Å²) in [6.45, 7) is 6.52. The Hall–Kier alpha value is -8.24. The minimum atomic E-state index is -1.90. The summed E-state index contributed by atoms with van der Waals surface area (Å²) in [6.07, 6.45) is -4.58. The zero-order chi connectivity index (χ0) is 59.0. The van der Waals surface area contributed by atoms with Crippen molar-refractivity contribution in [3.05, 3.63) is 65.7 Å². The van der Waals surface area contributed by atoms with Gasteiger partial charge >= 0.3 is 17.9 Å². The fourth-order valence-electron chi connectivity index (χ4n) is 7.45. The summed E-state index contributed by atoms with van der Waals surface area (Å²) < 4.78 is 0. The van der Waals surface area contributed by atoms with E-state index >= 15 is 0 Å². The molecule has 2 aromatic rings. The number of phenols is 1. The normalized spacial score (nSPS) is 15.6. The summed E-state index contributed by atoms with van der Waals surface area (Å²) in [4.78, 5) is 156. The second-order valence-corrected chi connectivity index (χ2v) is 18.7. The molecule has 0 saturated carbocycles. The van der Waals surface area contributed by atoms with Crippen molar-refractivity contribution in [2.75, 3.05) is 6.61 Å². The number of carboxylic acids is 3. The van der Waals surface area contributed by atoms with E-state index < -0.39 is 176 Å². The van der Waals surface area contributed by atoms with Gasteiger partial charge in [-0.05, 0) is 48.4 Å². The van der Waals surface area contributed by atoms with Crippen molar-refractivity contribution >= 4 is 71.1 Å². The predicted molar refractivity (Wildman–Crippen MR) is 274 cm³/mol. The Morgan fingerprint density at radius 1 is 0.500 bits per heavy atom. The van der Waals surface area contributed by atoms with Gasteiger partial charge in [0.25, 0.3) is 0 Å². The van der Waals surface area contributed by atoms with Crippen LogP contribution in [-0.4, -0.2) is 169 Å². The van der Waals surface area contributed by atoms with Gasteiger partial charge in [0.05, 0.1) is 31.6 Å². The number of aliphatic hydroxyl groups excluding tert-OH is 2. The Bertz CT molecular complexity index is 2430. The molecule has 0 fully saturated rings. The number of aromatic hydroxyl groups is 1. The molecule has 28 heteroatoms. The number of rotatable bonds is 34. The second kappa shape index (κ2) is 32.4. The van der Waals surface area contributed by atoms with Crippen LogP contribution < -0.4 is 54.0 Å². The van der Waals surface area contributed by atoms with Crippen LogP contribution in [0.2, 0.25) is 0 Å². The van der Waals surface area contributed by atoms with Crippen LogP contribution in [0.15, 0.2) is 54.6 Å². The van der Waals surface area contributed by atoms with E-state index in [0.717, 1.165) is 6.92 Å². The minimum Gasteiger partial charge on any atom is -0.508 e. The lowest BCUT2D eigenvalue weighted by molar-refractivity contribution is -0.144. The van der Waals surface area contributed by atoms with Crippen LogP contribution in [0.25, 0.3) is 0 Å². The summed E-state index contributed by atoms with van der Waals surface area (Å²) in [6, 6.07) is -1.60. The first-order chi connectivity index (χ1) is 36.6. The molecule has 2 aromatic carbocycles. The fraction of sp³-hybridized carbons (Fsp3) is 0.520. The average Bonchev–Trinajstić information content (AvgIpc) is 3.38. The van der Waals surface area contributed by atoms with E-state index in [1.165, 1.54) is 24.3 Å². The third-order valence-electron chi connectivity index (χ3n) is 12.4. The van der Waals surface area contributed by atoms with Crippen molar-refractivity contribution in [3.63, 3.8) is 0 Å². The smallest absolute Gasteiger partial charge is 0.326 e. The monoisotopic (exact) mass is 1100 g/mol. The molecule has 9 amide bonds. The first-order valence-corrected chi connectivity index (χ1v) is 24.9. The lowest BCUT2D eigenvalue weighted by Gasteiger charge is -2.31. The van der Waals surface area contributed by atoms with Crippen molar-refractivity contribution in [2.24, 2.45) is 23.3 Å². The van der Waals surface area contributed by atoms with Gasteiger partial charge in [-0.1, -0.05) is 83.0 Å². The number of hydrogen-bond donors (Lipinski definition) is 16. The Morgan fingerprint density at radius 3 is 1.40 bits per heavy atom. The molecule has 0 aromatic heterocycles. The zero-order valence-electron chi connectivity index (χ0n) is 43.7. The van der Waals surface area contributed by atoms with E-state index in [1.807, 2.05) is 0 Å². The number of nitrogens with one attached hydrogen (secondary N) is 8. The quantitative estimate of drug-likeness (QED) is 0.0319. The third kappa shape index (κ3) is 22.2. The molecule has 78 heavy (non-hydrogen) atoms. The highest BCUT2D eigenvalue weighted by Crippen LogP contribution is 2.15. The van der Waals surface area contributed by atoms with Gasteiger partial charge in [0.15, 0.2) is 0 Å². The number of primary amides is 1. The van der Waals surface area contributed by atoms with E-state index in [-0.39, 0.29) is 31.4 Å². The standard InChI is InChI=1S/C50H72N10O18/c1-6-24(3)39(58-46(73)35(23-61)57-43(70)31(17-18-36(52)64)53-42(69)30(51)21-37(65)66)47(74)59-40(25(4)7-2)48(75)60-41(26(5)62)49(76)55-32(19-27-11-9-8-10-12-27)44(71)54-33(22-38(67)68)45(72)56-34(50(77)78)20-28-13-15-29(63)16-14-28/h8-16,24-26,30-35,39-41,61-63H,6-7,17-23,51H2,1-5H3,(H2,52,64)(H,53,69)(H,54,71)(H,55,76)(H,56,72)(H,57,70)(H,58,73)(H,59,74)(H,60,75)(H,65,66)(H,67,68)(H,77,78)/t24-,25-,26+,30-,31-,32-,33-,34-,35-,39-,40-,41-/m0/s1. The highest BCUT2D eigenvalue weighted by atomic mass is 16.4. The second-order valence-electron chi connectivity index (χ2n) is 18.7. The predicted octanol–water partition coefficient (Wildman–Crippen LogP) is -3.85. The number of hydrogen-bond acceptors (Lipinski definition) is 16. The first kappa shape index (κ1) is 65.9. The number of carbonyl (C=O) groups excluding carboxylic acids is 9. The number of benzene rings is 2. The lowest BCUT2D eigenvalue weighted by Crippen LogP contribution is -2.63. The molecule has 0 spiro atoms. The van der Waals surface area contributed by atoms with Gasteiger partial charge in [-0.25, -0.2) is 4.79 Å². The summed E-state index contributed by atoms with van der Waals surface area (Å²) in [7, 11) is 0. The minimum absolute atomic E-state index is 0.110. The van der Waals surface area contributed by atoms with Gasteiger partial charge in [-0.3, -0.25) is 52.7 Å². The van der Waals surface area contributed by atoms with Crippen LogP contribution in [0.5, 0.6) is 5.75 Å². The lowest BCUT2D eigenvalue weighted by atomic mass is 9.94. The molecule has 0 bridgehead atoms. The van der Waals surface area contributed by atoms with Gasteiger partial charge in [0.2, 0.25) is 53.2 Å². The van der Waals surface area contributed by atoms with Crippen LogP contribution in [0, 0.1) is 11.8 Å². The van der Waals surface area contributed by atoms with Gasteiger partial charge < -0.3 is 84.6 Å². The van der Waals surface area contributed by atoms with Crippen molar-refractivity contribution < 1.29 is 88.2 Å². The first-order valence-electron chi connectivity index (χ1n) is 24.9. The summed E-state index contributed by atoms with van der Waals surface area (Å²) in [5.74, 6) is -15.7. The molecule has 0 aliphatic heterocycles. The topological polar surface area (TPSA) is 474 Å². The van der Waals surface area contributed by atoms with E-state index in [2.05, 4.69) is 42.5 Å². The SMILES string of the molecule is CC[C@H](C)[C@H](NC(=O)[C@H](CO)NC(=O)[C@H](CCC(N)=O)NC(=O)[C@@H](N)CC(=O)O)C(=O)N[C@H](C(=O)N[C@H](C(=O)N[C@@H](Cc1ccccc1)C(=O)N[C@@H](CC(=O)O)C(=O)N[C@@H](Cc1ccc(O)cc1)C(=O)O)[C@@H](C)O)[C@@H](C)CC. The van der Waals surface area contributed by atoms with Crippen LogP contribution in [0.4, 0.5) is 0 Å². The maximum absolute atomic E-state index is 14.2. The van der Waals surface area contributed by atoms with Gasteiger partial charge in [-0.15, -0.1) is 0 Å². The molecular formula is C50H72N10O18. The number of nitrogens with two attached hydrogens (primary N) is 2. The number of carbonyl (C=O) groups is 12. The Morgan fingerprint density at radius 2 is 0.910 bits per heavy atom. The van der Waals surface area contributed by atoms with Crippen molar-refractivity contribution in [3.8, 4) is 5.75 Å². The molecule has 0 saturated heterocycles. The molecule has 430 valence electrons. The van der Waals surface area contributed by atoms with Gasteiger partial charge in [0, 0.05) is 19.3 Å². The highest BCUT2D eigenvalue weighted by molar-refractivity contribution is 5.99. The van der Waals surface area contributed by atoms with E-state index in [4.69, 9.17) is 16.6 Å². The summed E-state index contributed by atoms with van der Waals surface area (Å²) in [5.41, 5.74) is 11.6. The summed E-state index contributed by atoms with van der Waals surface area (Å²) >= 11 is 0. The molecule has 12 atom stereocenters. The Balaban J connectivity index is 2.40. The summed E-state index contributed by atoms with van der Waals surface area (Å²) in [5, 5.41) is 78.0. The molecule has 0 aliphatic carbocycles. The molecule has 0 radical (unpaired) electrons. The molecular weight excluding hydrogens is 1030 g/mol. The highest BCUT2D eigenvalue weighted by Gasteiger charge is 2.38. The number of aliphatic hydroxyl groups is 2. The van der Waals surface area contributed by atoms with Crippen molar-refractivity contribution in [2.45, 2.75) is 146 Å². The number of phenolic OH excluding ortho intramolecular Hbond substituents is 1. The van der Waals surface area contributed by atoms with Crippen LogP contribution in [0.3, 0.4) is 0 Å². The maximum atomic E-state index is 14.2. The Kier molecular flexibility index (Phi) is 27.3. The number of amides is 9.